The Morgan fingerprint density at radius 3 is 0.971 bits per heavy atom. The van der Waals surface area contributed by atoms with Crippen LogP contribution in [0, 0.1) is 0 Å². The highest BCUT2D eigenvalue weighted by molar-refractivity contribution is 5.71. The third-order valence-corrected chi connectivity index (χ3v) is 13.1. The molecule has 0 saturated heterocycles. The first-order valence-electron chi connectivity index (χ1n) is 29.7. The lowest BCUT2D eigenvalue weighted by Gasteiger charge is -2.18. The first-order valence-corrected chi connectivity index (χ1v) is 29.7. The summed E-state index contributed by atoms with van der Waals surface area (Å²) in [5.74, 6) is -0.885. The third kappa shape index (κ3) is 54.3. The number of ether oxygens (including phenoxy) is 3. The molecule has 6 nitrogen and oxygen atoms in total. The molecule has 6 heteroatoms. The van der Waals surface area contributed by atoms with Crippen LogP contribution in [0.5, 0.6) is 0 Å². The van der Waals surface area contributed by atoms with Crippen molar-refractivity contribution in [1.82, 2.24) is 0 Å². The van der Waals surface area contributed by atoms with E-state index in [1.807, 2.05) is 0 Å². The minimum Gasteiger partial charge on any atom is -0.462 e. The van der Waals surface area contributed by atoms with Crippen molar-refractivity contribution in [2.45, 2.75) is 316 Å². The van der Waals surface area contributed by atoms with Crippen LogP contribution in [0.4, 0.5) is 0 Å². The summed E-state index contributed by atoms with van der Waals surface area (Å²) in [6.07, 6.45) is 69.6. The van der Waals surface area contributed by atoms with Gasteiger partial charge in [0.15, 0.2) is 6.10 Å². The topological polar surface area (TPSA) is 78.9 Å². The van der Waals surface area contributed by atoms with Crippen LogP contribution in [0.15, 0.2) is 48.6 Å². The fourth-order valence-corrected chi connectivity index (χ4v) is 8.65. The van der Waals surface area contributed by atoms with Gasteiger partial charge in [0.05, 0.1) is 0 Å². The van der Waals surface area contributed by atoms with Crippen molar-refractivity contribution in [3.8, 4) is 0 Å². The van der Waals surface area contributed by atoms with Gasteiger partial charge in [-0.05, 0) is 70.6 Å². The highest BCUT2D eigenvalue weighted by Crippen LogP contribution is 2.17. The van der Waals surface area contributed by atoms with E-state index in [0.717, 1.165) is 96.3 Å². The number of esters is 3. The Kier molecular flexibility index (Phi) is 54.8. The Hall–Kier alpha value is -2.63. The van der Waals surface area contributed by atoms with Crippen molar-refractivity contribution in [3.05, 3.63) is 48.6 Å². The van der Waals surface area contributed by atoms with Gasteiger partial charge >= 0.3 is 17.9 Å². The molecular weight excluding hydrogens is 841 g/mol. The van der Waals surface area contributed by atoms with Crippen LogP contribution in [0.3, 0.4) is 0 Å². The monoisotopic (exact) mass is 953 g/mol. The van der Waals surface area contributed by atoms with Crippen LogP contribution in [0.25, 0.3) is 0 Å². The average molecular weight is 954 g/mol. The van der Waals surface area contributed by atoms with Crippen molar-refractivity contribution >= 4 is 17.9 Å². The lowest BCUT2D eigenvalue weighted by Crippen LogP contribution is -2.30. The molecule has 1 unspecified atom stereocenters. The van der Waals surface area contributed by atoms with E-state index >= 15 is 0 Å². The Bertz CT molecular complexity index is 1190. The molecule has 0 aliphatic rings. The quantitative estimate of drug-likeness (QED) is 0.0199. The van der Waals surface area contributed by atoms with Crippen molar-refractivity contribution in [2.75, 3.05) is 13.2 Å². The van der Waals surface area contributed by atoms with Crippen molar-refractivity contribution < 1.29 is 28.6 Å². The molecule has 0 amide bonds. The second-order valence-electron chi connectivity index (χ2n) is 19.9. The first-order chi connectivity index (χ1) is 33.5. The Balaban J connectivity index is 4.37. The van der Waals surface area contributed by atoms with Gasteiger partial charge in [-0.3, -0.25) is 14.4 Å². The van der Waals surface area contributed by atoms with Crippen LogP contribution in [-0.2, 0) is 28.6 Å². The van der Waals surface area contributed by atoms with Gasteiger partial charge in [0, 0.05) is 19.3 Å². The number of carbonyl (C=O) groups is 3. The minimum absolute atomic E-state index is 0.0796. The lowest BCUT2D eigenvalue weighted by atomic mass is 10.0. The van der Waals surface area contributed by atoms with Crippen LogP contribution >= 0.6 is 0 Å². The molecule has 0 heterocycles. The van der Waals surface area contributed by atoms with E-state index in [9.17, 15) is 14.4 Å². The van der Waals surface area contributed by atoms with Gasteiger partial charge in [-0.2, -0.15) is 0 Å². The number of unbranched alkanes of at least 4 members (excludes halogenated alkanes) is 36. The molecule has 0 aromatic rings. The van der Waals surface area contributed by atoms with Crippen LogP contribution in [0.1, 0.15) is 310 Å². The summed E-state index contributed by atoms with van der Waals surface area (Å²) in [6.45, 7) is 6.55. The van der Waals surface area contributed by atoms with E-state index in [1.54, 1.807) is 0 Å². The van der Waals surface area contributed by atoms with Crippen molar-refractivity contribution in [1.29, 1.82) is 0 Å². The molecule has 68 heavy (non-hydrogen) atoms. The zero-order valence-electron chi connectivity index (χ0n) is 45.4. The lowest BCUT2D eigenvalue weighted by molar-refractivity contribution is -0.167. The molecule has 0 aromatic carbocycles. The largest absolute Gasteiger partial charge is 0.462 e. The van der Waals surface area contributed by atoms with Crippen LogP contribution in [0.2, 0.25) is 0 Å². The normalized spacial score (nSPS) is 12.3. The molecule has 0 aliphatic carbocycles. The van der Waals surface area contributed by atoms with E-state index in [1.165, 1.54) is 173 Å². The molecule has 1 atom stereocenters. The van der Waals surface area contributed by atoms with E-state index in [-0.39, 0.29) is 31.1 Å². The smallest absolute Gasteiger partial charge is 0.306 e. The fourth-order valence-electron chi connectivity index (χ4n) is 8.65. The van der Waals surface area contributed by atoms with Gasteiger partial charge in [0.2, 0.25) is 0 Å². The fraction of sp³-hybridized carbons (Fsp3) is 0.823. The molecule has 396 valence electrons. The number of hydrogen-bond donors (Lipinski definition) is 0. The summed E-state index contributed by atoms with van der Waals surface area (Å²) in [4.78, 5) is 38.2. The number of allylic oxidation sites excluding steroid dienone is 8. The van der Waals surface area contributed by atoms with E-state index in [2.05, 4.69) is 69.4 Å². The van der Waals surface area contributed by atoms with Gasteiger partial charge in [-0.25, -0.2) is 0 Å². The van der Waals surface area contributed by atoms with Crippen molar-refractivity contribution in [2.24, 2.45) is 0 Å². The molecule has 0 aromatic heterocycles. The Labute approximate surface area is 422 Å². The summed E-state index contributed by atoms with van der Waals surface area (Å²) in [7, 11) is 0. The van der Waals surface area contributed by atoms with Gasteiger partial charge in [0.1, 0.15) is 13.2 Å². The van der Waals surface area contributed by atoms with Gasteiger partial charge in [0.25, 0.3) is 0 Å². The molecule has 0 radical (unpaired) electrons. The van der Waals surface area contributed by atoms with Crippen LogP contribution < -0.4 is 0 Å². The first kappa shape index (κ1) is 65.4. The molecule has 0 bridgehead atoms. The summed E-state index contributed by atoms with van der Waals surface area (Å²) >= 11 is 0. The molecule has 0 saturated carbocycles. The second kappa shape index (κ2) is 57.0. The number of rotatable bonds is 54. The van der Waals surface area contributed by atoms with Crippen LogP contribution in [-0.4, -0.2) is 37.2 Å². The van der Waals surface area contributed by atoms with E-state index in [0.29, 0.717) is 19.3 Å². The molecule has 0 rings (SSSR count). The van der Waals surface area contributed by atoms with Gasteiger partial charge in [-0.15, -0.1) is 0 Å². The summed E-state index contributed by atoms with van der Waals surface area (Å²) in [6, 6.07) is 0. The predicted molar refractivity (Wildman–Crippen MR) is 293 cm³/mol. The second-order valence-corrected chi connectivity index (χ2v) is 19.9. The Morgan fingerprint density at radius 2 is 0.618 bits per heavy atom. The summed E-state index contributed by atoms with van der Waals surface area (Å²) < 4.78 is 16.9. The molecule has 0 aliphatic heterocycles. The summed E-state index contributed by atoms with van der Waals surface area (Å²) in [5, 5.41) is 0. The van der Waals surface area contributed by atoms with Crippen molar-refractivity contribution in [3.63, 3.8) is 0 Å². The highest BCUT2D eigenvalue weighted by atomic mass is 16.6. The highest BCUT2D eigenvalue weighted by Gasteiger charge is 2.19. The standard InChI is InChI=1S/C62H112O6/c1-4-7-10-13-16-19-22-25-28-30-32-34-37-40-43-46-49-52-55-61(64)67-58-59(57-66-60(63)54-51-48-45-42-39-36-27-24-21-18-15-12-9-6-3)68-62(65)56-53-50-47-44-41-38-35-33-31-29-26-23-20-17-14-11-8-5-2/h9,12,18,21,28,30,32,34,59H,4-8,10-11,13-17,19-20,22-27,29,31,33,35-58H2,1-3H3/b12-9-,21-18-,30-28-,34-32-. The zero-order chi connectivity index (χ0) is 49.3. The Morgan fingerprint density at radius 1 is 0.324 bits per heavy atom. The van der Waals surface area contributed by atoms with E-state index < -0.39 is 6.10 Å². The third-order valence-electron chi connectivity index (χ3n) is 13.1. The number of hydrogen-bond acceptors (Lipinski definition) is 6. The minimum atomic E-state index is -0.781. The SMILES string of the molecule is CC/C=C\C/C=C\CCCCCCCCCC(=O)OCC(COC(=O)CCCCCCC/C=C\C=C/CCCCCCCCC)OC(=O)CCCCCCCCCCCCCCCCCCCC. The maximum atomic E-state index is 12.9. The van der Waals surface area contributed by atoms with Gasteiger partial charge < -0.3 is 14.2 Å². The maximum absolute atomic E-state index is 12.9. The molecule has 0 N–H and O–H groups in total. The maximum Gasteiger partial charge on any atom is 0.306 e. The predicted octanol–water partition coefficient (Wildman–Crippen LogP) is 19.8. The molecule has 0 fully saturated rings. The average Bonchev–Trinajstić information content (AvgIpc) is 3.34. The van der Waals surface area contributed by atoms with E-state index in [4.69, 9.17) is 14.2 Å². The zero-order valence-corrected chi connectivity index (χ0v) is 45.4. The molecule has 0 spiro atoms. The number of carbonyl (C=O) groups excluding carboxylic acids is 3. The summed E-state index contributed by atoms with van der Waals surface area (Å²) in [5.41, 5.74) is 0. The molecular formula is C62H112O6. The van der Waals surface area contributed by atoms with Gasteiger partial charge in [-0.1, -0.05) is 268 Å².